The summed E-state index contributed by atoms with van der Waals surface area (Å²) in [6.45, 7) is 5.36. The first-order valence-corrected chi connectivity index (χ1v) is 6.75. The van der Waals surface area contributed by atoms with Crippen LogP contribution >= 0.6 is 0 Å². The van der Waals surface area contributed by atoms with E-state index in [2.05, 4.69) is 54.0 Å². The van der Waals surface area contributed by atoms with Crippen molar-refractivity contribution in [2.24, 2.45) is 0 Å². The molecule has 2 nitrogen and oxygen atoms in total. The topological polar surface area (TPSA) is 24.1 Å². The Morgan fingerprint density at radius 3 is 2.83 bits per heavy atom. The molecule has 94 valence electrons. The van der Waals surface area contributed by atoms with E-state index < -0.39 is 0 Å². The maximum atomic E-state index is 3.61. The third-order valence-electron chi connectivity index (χ3n) is 3.72. The molecule has 0 aliphatic carbocycles. The van der Waals surface area contributed by atoms with Crippen molar-refractivity contribution >= 4 is 10.8 Å². The Morgan fingerprint density at radius 2 is 2.00 bits per heavy atom. The lowest BCUT2D eigenvalue weighted by molar-refractivity contribution is 0.547. The summed E-state index contributed by atoms with van der Waals surface area (Å²) in [6.07, 6.45) is 1.24. The van der Waals surface area contributed by atoms with E-state index in [9.17, 15) is 0 Å². The number of hydrogen-bond donors (Lipinski definition) is 2. The highest BCUT2D eigenvalue weighted by Crippen LogP contribution is 2.17. The zero-order chi connectivity index (χ0) is 12.4. The van der Waals surface area contributed by atoms with Gasteiger partial charge in [0.05, 0.1) is 0 Å². The number of hydrogen-bond acceptors (Lipinski definition) is 2. The van der Waals surface area contributed by atoms with E-state index >= 15 is 0 Å². The second kappa shape index (κ2) is 5.09. The minimum Gasteiger partial charge on any atom is -0.315 e. The van der Waals surface area contributed by atoms with Crippen molar-refractivity contribution in [3.63, 3.8) is 0 Å². The summed E-state index contributed by atoms with van der Waals surface area (Å²) in [5.74, 6) is 0. The molecular formula is C16H20N2. The number of nitrogens with one attached hydrogen (secondary N) is 2. The fourth-order valence-electron chi connectivity index (χ4n) is 2.62. The van der Waals surface area contributed by atoms with Crippen LogP contribution in [0.15, 0.2) is 36.4 Å². The summed E-state index contributed by atoms with van der Waals surface area (Å²) in [7, 11) is 0. The van der Waals surface area contributed by atoms with Crippen LogP contribution in [-0.4, -0.2) is 19.1 Å². The molecule has 1 saturated heterocycles. The maximum absolute atomic E-state index is 3.61. The van der Waals surface area contributed by atoms with Crippen molar-refractivity contribution in [1.82, 2.24) is 10.6 Å². The van der Waals surface area contributed by atoms with E-state index in [4.69, 9.17) is 0 Å². The Balaban J connectivity index is 1.74. The Kier molecular flexibility index (Phi) is 3.31. The van der Waals surface area contributed by atoms with E-state index in [1.165, 1.54) is 28.3 Å². The summed E-state index contributed by atoms with van der Waals surface area (Å²) >= 11 is 0. The molecule has 1 heterocycles. The highest BCUT2D eigenvalue weighted by Gasteiger charge is 2.12. The largest absolute Gasteiger partial charge is 0.315 e. The quantitative estimate of drug-likeness (QED) is 0.861. The molecule has 3 rings (SSSR count). The predicted molar refractivity (Wildman–Crippen MR) is 76.8 cm³/mol. The van der Waals surface area contributed by atoms with Gasteiger partial charge in [-0.15, -0.1) is 0 Å². The Morgan fingerprint density at radius 1 is 1.17 bits per heavy atom. The predicted octanol–water partition coefficient (Wildman–Crippen LogP) is 2.60. The standard InChI is InChI=1S/C16H20N2/c1-12-2-4-15-9-13(3-5-14(15)8-12)10-18-16-6-7-17-11-16/h2-5,8-9,16-18H,6-7,10-11H2,1H3. The van der Waals surface area contributed by atoms with Crippen molar-refractivity contribution in [3.8, 4) is 0 Å². The van der Waals surface area contributed by atoms with Gasteiger partial charge in [0, 0.05) is 19.1 Å². The number of rotatable bonds is 3. The lowest BCUT2D eigenvalue weighted by Gasteiger charge is -2.11. The molecule has 2 heteroatoms. The third-order valence-corrected chi connectivity index (χ3v) is 3.72. The van der Waals surface area contributed by atoms with Gasteiger partial charge in [-0.1, -0.05) is 35.9 Å². The van der Waals surface area contributed by atoms with Gasteiger partial charge in [-0.25, -0.2) is 0 Å². The summed E-state index contributed by atoms with van der Waals surface area (Å²) in [6, 6.07) is 14.0. The third kappa shape index (κ3) is 2.55. The average Bonchev–Trinajstić information content (AvgIpc) is 2.89. The fourth-order valence-corrected chi connectivity index (χ4v) is 2.62. The highest BCUT2D eigenvalue weighted by atomic mass is 15.0. The van der Waals surface area contributed by atoms with Gasteiger partial charge in [0.1, 0.15) is 0 Å². The molecule has 1 fully saturated rings. The Hall–Kier alpha value is -1.38. The molecule has 0 aromatic heterocycles. The van der Waals surface area contributed by atoms with Gasteiger partial charge in [0.25, 0.3) is 0 Å². The lowest BCUT2D eigenvalue weighted by Crippen LogP contribution is -2.30. The molecule has 2 N–H and O–H groups in total. The highest BCUT2D eigenvalue weighted by molar-refractivity contribution is 5.83. The number of aryl methyl sites for hydroxylation is 1. The van der Waals surface area contributed by atoms with Gasteiger partial charge < -0.3 is 10.6 Å². The van der Waals surface area contributed by atoms with Crippen molar-refractivity contribution in [3.05, 3.63) is 47.5 Å². The SMILES string of the molecule is Cc1ccc2cc(CNC3CCNC3)ccc2c1. The molecule has 0 saturated carbocycles. The molecule has 18 heavy (non-hydrogen) atoms. The van der Waals surface area contributed by atoms with Gasteiger partial charge in [0.15, 0.2) is 0 Å². The first-order valence-electron chi connectivity index (χ1n) is 6.75. The normalized spacial score (nSPS) is 19.5. The molecule has 0 radical (unpaired) electrons. The van der Waals surface area contributed by atoms with Gasteiger partial charge in [0.2, 0.25) is 0 Å². The van der Waals surface area contributed by atoms with Crippen LogP contribution in [0, 0.1) is 6.92 Å². The zero-order valence-electron chi connectivity index (χ0n) is 10.9. The van der Waals surface area contributed by atoms with Crippen molar-refractivity contribution < 1.29 is 0 Å². The fraction of sp³-hybridized carbons (Fsp3) is 0.375. The first kappa shape index (κ1) is 11.7. The van der Waals surface area contributed by atoms with E-state index in [-0.39, 0.29) is 0 Å². The molecule has 2 aromatic rings. The van der Waals surface area contributed by atoms with Gasteiger partial charge in [-0.05, 0) is 42.3 Å². The van der Waals surface area contributed by atoms with Crippen LogP contribution < -0.4 is 10.6 Å². The van der Waals surface area contributed by atoms with Crippen molar-refractivity contribution in [1.29, 1.82) is 0 Å². The van der Waals surface area contributed by atoms with Crippen LogP contribution in [-0.2, 0) is 6.54 Å². The summed E-state index contributed by atoms with van der Waals surface area (Å²) < 4.78 is 0. The second-order valence-corrected chi connectivity index (χ2v) is 5.26. The van der Waals surface area contributed by atoms with Crippen molar-refractivity contribution in [2.75, 3.05) is 13.1 Å². The molecule has 0 amide bonds. The lowest BCUT2D eigenvalue weighted by atomic mass is 10.0. The smallest absolute Gasteiger partial charge is 0.0208 e. The second-order valence-electron chi connectivity index (χ2n) is 5.26. The Bertz CT molecular complexity index is 542. The van der Waals surface area contributed by atoms with Gasteiger partial charge in [-0.2, -0.15) is 0 Å². The van der Waals surface area contributed by atoms with E-state index in [1.54, 1.807) is 0 Å². The first-order chi connectivity index (χ1) is 8.81. The molecular weight excluding hydrogens is 220 g/mol. The number of fused-ring (bicyclic) bond motifs is 1. The average molecular weight is 240 g/mol. The molecule has 1 aliphatic heterocycles. The van der Waals surface area contributed by atoms with Crippen LogP contribution in [0.1, 0.15) is 17.5 Å². The maximum Gasteiger partial charge on any atom is 0.0208 e. The van der Waals surface area contributed by atoms with Crippen LogP contribution in [0.5, 0.6) is 0 Å². The minimum atomic E-state index is 0.638. The molecule has 0 bridgehead atoms. The number of benzene rings is 2. The van der Waals surface area contributed by atoms with Gasteiger partial charge >= 0.3 is 0 Å². The molecule has 1 aliphatic rings. The summed E-state index contributed by atoms with van der Waals surface area (Å²) in [5, 5.41) is 9.67. The van der Waals surface area contributed by atoms with Crippen LogP contribution in [0.4, 0.5) is 0 Å². The monoisotopic (exact) mass is 240 g/mol. The molecule has 1 unspecified atom stereocenters. The molecule has 0 spiro atoms. The minimum absolute atomic E-state index is 0.638. The summed E-state index contributed by atoms with van der Waals surface area (Å²) in [5.41, 5.74) is 2.70. The molecule has 1 atom stereocenters. The Labute approximate surface area is 108 Å². The van der Waals surface area contributed by atoms with E-state index in [1.807, 2.05) is 0 Å². The van der Waals surface area contributed by atoms with Crippen LogP contribution in [0.25, 0.3) is 10.8 Å². The van der Waals surface area contributed by atoms with Gasteiger partial charge in [-0.3, -0.25) is 0 Å². The summed E-state index contributed by atoms with van der Waals surface area (Å²) in [4.78, 5) is 0. The van der Waals surface area contributed by atoms with Crippen LogP contribution in [0.3, 0.4) is 0 Å². The zero-order valence-corrected chi connectivity index (χ0v) is 10.9. The van der Waals surface area contributed by atoms with E-state index in [0.717, 1.165) is 19.6 Å². The van der Waals surface area contributed by atoms with E-state index in [0.29, 0.717) is 6.04 Å². The molecule has 2 aromatic carbocycles. The van der Waals surface area contributed by atoms with Crippen molar-refractivity contribution in [2.45, 2.75) is 25.9 Å². The van der Waals surface area contributed by atoms with Crippen LogP contribution in [0.2, 0.25) is 0 Å².